The maximum Gasteiger partial charge on any atom is 0.253 e. The molecule has 1 aliphatic rings. The highest BCUT2D eigenvalue weighted by atomic mass is 16.2. The van der Waals surface area contributed by atoms with E-state index in [9.17, 15) is 14.4 Å². The minimum atomic E-state index is -0.199. The van der Waals surface area contributed by atoms with Crippen molar-refractivity contribution < 1.29 is 14.4 Å². The summed E-state index contributed by atoms with van der Waals surface area (Å²) >= 11 is 0. The van der Waals surface area contributed by atoms with Gasteiger partial charge in [0.2, 0.25) is 0 Å². The SMILES string of the molecule is CCCC(C)C(=O)CCCCCCCN1C(=O)C=CC1=O. The Morgan fingerprint density at radius 2 is 1.62 bits per heavy atom. The number of amides is 2. The average molecular weight is 293 g/mol. The second-order valence-electron chi connectivity index (χ2n) is 5.84. The van der Waals surface area contributed by atoms with Gasteiger partial charge in [-0.1, -0.05) is 39.5 Å². The van der Waals surface area contributed by atoms with E-state index in [1.165, 1.54) is 17.1 Å². The van der Waals surface area contributed by atoms with Crippen LogP contribution in [0, 0.1) is 5.92 Å². The van der Waals surface area contributed by atoms with Gasteiger partial charge in [-0.15, -0.1) is 0 Å². The first-order valence-corrected chi connectivity index (χ1v) is 8.12. The zero-order valence-corrected chi connectivity index (χ0v) is 13.3. The molecule has 0 N–H and O–H groups in total. The Kier molecular flexibility index (Phi) is 7.95. The molecule has 118 valence electrons. The zero-order chi connectivity index (χ0) is 15.7. The van der Waals surface area contributed by atoms with Crippen LogP contribution in [-0.2, 0) is 14.4 Å². The summed E-state index contributed by atoms with van der Waals surface area (Å²) in [6, 6.07) is 0. The number of Topliss-reactive ketones (excluding diaryl/α,β-unsaturated/α-hetero) is 1. The Morgan fingerprint density at radius 1 is 1.05 bits per heavy atom. The molecular weight excluding hydrogens is 266 g/mol. The van der Waals surface area contributed by atoms with Crippen molar-refractivity contribution in [1.82, 2.24) is 4.90 Å². The Hall–Kier alpha value is -1.45. The number of hydrogen-bond acceptors (Lipinski definition) is 3. The van der Waals surface area contributed by atoms with Gasteiger partial charge in [0, 0.05) is 31.0 Å². The monoisotopic (exact) mass is 293 g/mol. The van der Waals surface area contributed by atoms with Crippen LogP contribution < -0.4 is 0 Å². The van der Waals surface area contributed by atoms with Crippen molar-refractivity contribution >= 4 is 17.6 Å². The van der Waals surface area contributed by atoms with Crippen LogP contribution >= 0.6 is 0 Å². The fourth-order valence-electron chi connectivity index (χ4n) is 2.59. The number of rotatable bonds is 11. The van der Waals surface area contributed by atoms with Crippen molar-refractivity contribution in [2.24, 2.45) is 5.92 Å². The van der Waals surface area contributed by atoms with Crippen molar-refractivity contribution in [2.45, 2.75) is 65.2 Å². The van der Waals surface area contributed by atoms with E-state index in [2.05, 4.69) is 6.92 Å². The first kappa shape index (κ1) is 17.6. The average Bonchev–Trinajstić information content (AvgIpc) is 2.77. The van der Waals surface area contributed by atoms with Gasteiger partial charge in [-0.05, 0) is 19.3 Å². The second-order valence-corrected chi connectivity index (χ2v) is 5.84. The highest BCUT2D eigenvalue weighted by Gasteiger charge is 2.22. The van der Waals surface area contributed by atoms with Gasteiger partial charge in [-0.3, -0.25) is 19.3 Å². The second kappa shape index (κ2) is 9.48. The largest absolute Gasteiger partial charge is 0.299 e. The third-order valence-electron chi connectivity index (χ3n) is 3.98. The minimum Gasteiger partial charge on any atom is -0.299 e. The quantitative estimate of drug-likeness (QED) is 0.434. The topological polar surface area (TPSA) is 54.5 Å². The fourth-order valence-corrected chi connectivity index (χ4v) is 2.59. The first-order valence-electron chi connectivity index (χ1n) is 8.12. The molecule has 0 aromatic rings. The lowest BCUT2D eigenvalue weighted by Crippen LogP contribution is -2.30. The highest BCUT2D eigenvalue weighted by molar-refractivity contribution is 6.12. The molecule has 0 spiro atoms. The fraction of sp³-hybridized carbons (Fsp3) is 0.706. The van der Waals surface area contributed by atoms with Gasteiger partial charge in [0.25, 0.3) is 11.8 Å². The van der Waals surface area contributed by atoms with E-state index in [-0.39, 0.29) is 17.7 Å². The minimum absolute atomic E-state index is 0.199. The number of carbonyl (C=O) groups excluding carboxylic acids is 3. The van der Waals surface area contributed by atoms with Gasteiger partial charge < -0.3 is 0 Å². The van der Waals surface area contributed by atoms with Crippen LogP contribution in [0.2, 0.25) is 0 Å². The van der Waals surface area contributed by atoms with Gasteiger partial charge in [0.15, 0.2) is 0 Å². The molecule has 0 radical (unpaired) electrons. The molecule has 4 nitrogen and oxygen atoms in total. The predicted octanol–water partition coefficient (Wildman–Crippen LogP) is 3.26. The molecule has 4 heteroatoms. The van der Waals surface area contributed by atoms with E-state index in [4.69, 9.17) is 0 Å². The van der Waals surface area contributed by atoms with E-state index < -0.39 is 0 Å². The number of ketones is 1. The lowest BCUT2D eigenvalue weighted by Gasteiger charge is -2.13. The van der Waals surface area contributed by atoms with E-state index in [1.54, 1.807) is 0 Å². The van der Waals surface area contributed by atoms with E-state index in [0.717, 1.165) is 44.9 Å². The normalized spacial score (nSPS) is 15.8. The zero-order valence-electron chi connectivity index (χ0n) is 13.3. The molecule has 0 saturated heterocycles. The summed E-state index contributed by atoms with van der Waals surface area (Å²) in [4.78, 5) is 35.7. The van der Waals surface area contributed by atoms with Crippen LogP contribution in [0.4, 0.5) is 0 Å². The van der Waals surface area contributed by atoms with E-state index >= 15 is 0 Å². The van der Waals surface area contributed by atoms with Crippen LogP contribution in [0.1, 0.15) is 65.2 Å². The van der Waals surface area contributed by atoms with Crippen LogP contribution in [-0.4, -0.2) is 29.0 Å². The summed E-state index contributed by atoms with van der Waals surface area (Å²) in [6.07, 6.45) is 10.3. The molecule has 2 amide bonds. The van der Waals surface area contributed by atoms with E-state index in [0.29, 0.717) is 18.7 Å². The smallest absolute Gasteiger partial charge is 0.253 e. The van der Waals surface area contributed by atoms with Gasteiger partial charge in [-0.2, -0.15) is 0 Å². The van der Waals surface area contributed by atoms with Crippen LogP contribution in [0.25, 0.3) is 0 Å². The Balaban J connectivity index is 1.99. The summed E-state index contributed by atoms with van der Waals surface area (Å²) in [6.45, 7) is 4.64. The number of unbranched alkanes of at least 4 members (excludes halogenated alkanes) is 4. The van der Waals surface area contributed by atoms with Crippen LogP contribution in [0.3, 0.4) is 0 Å². The molecule has 0 saturated carbocycles. The molecule has 1 atom stereocenters. The van der Waals surface area contributed by atoms with Crippen molar-refractivity contribution in [2.75, 3.05) is 6.54 Å². The van der Waals surface area contributed by atoms with Crippen LogP contribution in [0.5, 0.6) is 0 Å². The highest BCUT2D eigenvalue weighted by Crippen LogP contribution is 2.13. The van der Waals surface area contributed by atoms with Gasteiger partial charge >= 0.3 is 0 Å². The molecule has 0 aliphatic carbocycles. The number of imide groups is 1. The maximum absolute atomic E-state index is 11.8. The first-order chi connectivity index (χ1) is 10.1. The lowest BCUT2D eigenvalue weighted by atomic mass is 9.96. The standard InChI is InChI=1S/C17H27NO3/c1-3-9-14(2)15(19)10-7-5-4-6-8-13-18-16(20)11-12-17(18)21/h11-12,14H,3-10,13H2,1-2H3. The number of hydrogen-bond donors (Lipinski definition) is 0. The summed E-state index contributed by atoms with van der Waals surface area (Å²) in [5, 5.41) is 0. The summed E-state index contributed by atoms with van der Waals surface area (Å²) in [7, 11) is 0. The molecule has 0 fully saturated rings. The van der Waals surface area contributed by atoms with Crippen molar-refractivity contribution in [1.29, 1.82) is 0 Å². The molecule has 1 unspecified atom stereocenters. The van der Waals surface area contributed by atoms with Crippen LogP contribution in [0.15, 0.2) is 12.2 Å². The third-order valence-corrected chi connectivity index (χ3v) is 3.98. The Bertz CT molecular complexity index is 383. The molecule has 21 heavy (non-hydrogen) atoms. The van der Waals surface area contributed by atoms with Crippen molar-refractivity contribution in [3.05, 3.63) is 12.2 Å². The molecular formula is C17H27NO3. The molecule has 1 heterocycles. The Labute approximate surface area is 127 Å². The Morgan fingerprint density at radius 3 is 2.24 bits per heavy atom. The van der Waals surface area contributed by atoms with Gasteiger partial charge in [0.05, 0.1) is 0 Å². The number of nitrogens with zero attached hydrogens (tertiary/aromatic N) is 1. The lowest BCUT2D eigenvalue weighted by molar-refractivity contribution is -0.136. The summed E-state index contributed by atoms with van der Waals surface area (Å²) in [5.41, 5.74) is 0. The van der Waals surface area contributed by atoms with Gasteiger partial charge in [0.1, 0.15) is 5.78 Å². The third kappa shape index (κ3) is 6.23. The van der Waals surface area contributed by atoms with E-state index in [1.807, 2.05) is 6.92 Å². The predicted molar refractivity (Wildman–Crippen MR) is 82.6 cm³/mol. The van der Waals surface area contributed by atoms with Gasteiger partial charge in [-0.25, -0.2) is 0 Å². The number of carbonyl (C=O) groups is 3. The molecule has 0 aromatic carbocycles. The molecule has 0 aromatic heterocycles. The summed E-state index contributed by atoms with van der Waals surface area (Å²) in [5.74, 6) is 0.192. The van der Waals surface area contributed by atoms with Crippen molar-refractivity contribution in [3.8, 4) is 0 Å². The molecule has 1 rings (SSSR count). The molecule has 0 bridgehead atoms. The summed E-state index contributed by atoms with van der Waals surface area (Å²) < 4.78 is 0. The maximum atomic E-state index is 11.8. The molecule has 1 aliphatic heterocycles. The van der Waals surface area contributed by atoms with Crippen molar-refractivity contribution in [3.63, 3.8) is 0 Å².